The van der Waals surface area contributed by atoms with E-state index in [9.17, 15) is 4.79 Å². The molecule has 4 nitrogen and oxygen atoms in total. The molecule has 4 fully saturated rings. The second kappa shape index (κ2) is 2.69. The Kier molecular flexibility index (Phi) is 1.64. The van der Waals surface area contributed by atoms with Crippen LogP contribution in [-0.2, 0) is 19.0 Å². The first-order valence-electron chi connectivity index (χ1n) is 6.53. The van der Waals surface area contributed by atoms with Crippen LogP contribution in [0.4, 0.5) is 0 Å². The third kappa shape index (κ3) is 0.868. The third-order valence-corrected chi connectivity index (χ3v) is 5.56. The average Bonchev–Trinajstić information content (AvgIpc) is 2.72. The molecule has 4 rings (SSSR count). The van der Waals surface area contributed by atoms with Gasteiger partial charge in [-0.05, 0) is 26.2 Å². The van der Waals surface area contributed by atoms with E-state index >= 15 is 0 Å². The Morgan fingerprint density at radius 3 is 2.65 bits per heavy atom. The van der Waals surface area contributed by atoms with Gasteiger partial charge in [0.2, 0.25) is 5.60 Å². The molecule has 1 aliphatic carbocycles. The van der Waals surface area contributed by atoms with E-state index in [0.717, 1.165) is 6.42 Å². The Bertz CT molecular complexity index is 400. The zero-order chi connectivity index (χ0) is 11.9. The summed E-state index contributed by atoms with van der Waals surface area (Å²) in [7, 11) is 1.43. The molecule has 17 heavy (non-hydrogen) atoms. The van der Waals surface area contributed by atoms with Crippen LogP contribution in [0.25, 0.3) is 0 Å². The number of rotatable bonds is 1. The van der Waals surface area contributed by atoms with Crippen molar-refractivity contribution < 1.29 is 19.0 Å². The van der Waals surface area contributed by atoms with Gasteiger partial charge in [-0.15, -0.1) is 0 Å². The van der Waals surface area contributed by atoms with Gasteiger partial charge in [0.05, 0.1) is 13.2 Å². The molecule has 0 aromatic heterocycles. The van der Waals surface area contributed by atoms with Gasteiger partial charge in [-0.2, -0.15) is 0 Å². The van der Waals surface area contributed by atoms with E-state index < -0.39 is 11.2 Å². The molecule has 4 heteroatoms. The first kappa shape index (κ1) is 10.3. The molecule has 2 bridgehead atoms. The molecule has 4 atom stereocenters. The minimum Gasteiger partial charge on any atom is -0.467 e. The van der Waals surface area contributed by atoms with E-state index in [1.54, 1.807) is 0 Å². The van der Waals surface area contributed by atoms with Gasteiger partial charge in [-0.25, -0.2) is 4.79 Å². The maximum atomic E-state index is 11.9. The fourth-order valence-corrected chi connectivity index (χ4v) is 4.80. The number of fused-ring (bicyclic) bond motifs is 6. The summed E-state index contributed by atoms with van der Waals surface area (Å²) in [4.78, 5) is 11.9. The normalized spacial score (nSPS) is 52.8. The van der Waals surface area contributed by atoms with Crippen LogP contribution in [0.5, 0.6) is 0 Å². The number of hydrogen-bond donors (Lipinski definition) is 0. The Labute approximate surface area is 101 Å². The average molecular weight is 238 g/mol. The largest absolute Gasteiger partial charge is 0.467 e. The monoisotopic (exact) mass is 238 g/mol. The number of methoxy groups -OCH3 is 1. The van der Waals surface area contributed by atoms with Gasteiger partial charge in [-0.3, -0.25) is 0 Å². The van der Waals surface area contributed by atoms with E-state index in [4.69, 9.17) is 14.2 Å². The summed E-state index contributed by atoms with van der Waals surface area (Å²) < 4.78 is 16.8. The summed E-state index contributed by atoms with van der Waals surface area (Å²) in [5, 5.41) is 0. The summed E-state index contributed by atoms with van der Waals surface area (Å²) in [6.45, 7) is 2.02. The number of carbonyl (C=O) groups is 1. The topological polar surface area (TPSA) is 48.1 Å². The summed E-state index contributed by atoms with van der Waals surface area (Å²) in [5.74, 6) is -0.250. The number of hydrogen-bond acceptors (Lipinski definition) is 4. The quantitative estimate of drug-likeness (QED) is 0.512. The fraction of sp³-hybridized carbons (Fsp3) is 0.923. The molecule has 0 N–H and O–H groups in total. The SMILES string of the molecule is COC(=O)[C@]12O[C@@]1(C)[C@H]1O[C@H]2CC12CCCC2. The zero-order valence-corrected chi connectivity index (χ0v) is 10.3. The van der Waals surface area contributed by atoms with Crippen molar-refractivity contribution in [2.75, 3.05) is 7.11 Å². The van der Waals surface area contributed by atoms with E-state index in [2.05, 4.69) is 0 Å². The van der Waals surface area contributed by atoms with Gasteiger partial charge in [-0.1, -0.05) is 12.8 Å². The number of esters is 1. The summed E-state index contributed by atoms with van der Waals surface area (Å²) in [6.07, 6.45) is 6.02. The first-order valence-corrected chi connectivity index (χ1v) is 6.53. The Morgan fingerprint density at radius 1 is 1.35 bits per heavy atom. The van der Waals surface area contributed by atoms with Crippen LogP contribution >= 0.6 is 0 Å². The highest BCUT2D eigenvalue weighted by molar-refractivity contribution is 5.87. The molecular weight excluding hydrogens is 220 g/mol. The van der Waals surface area contributed by atoms with Crippen molar-refractivity contribution in [1.82, 2.24) is 0 Å². The van der Waals surface area contributed by atoms with Crippen LogP contribution in [0.2, 0.25) is 0 Å². The third-order valence-electron chi connectivity index (χ3n) is 5.56. The Hall–Kier alpha value is -0.610. The predicted molar refractivity (Wildman–Crippen MR) is 58.4 cm³/mol. The maximum absolute atomic E-state index is 11.9. The standard InChI is InChI=1S/C13H18O4/c1-11-9-12(5-3-4-6-12)7-8(16-9)13(11,17-11)10(14)15-2/h8-9H,3-7H2,1-2H3/t8-,9+,11-,13-/m0/s1. The number of epoxide rings is 1. The van der Waals surface area contributed by atoms with E-state index in [1.807, 2.05) is 6.92 Å². The Balaban J connectivity index is 1.72. The minimum absolute atomic E-state index is 0.0805. The molecule has 3 aliphatic heterocycles. The summed E-state index contributed by atoms with van der Waals surface area (Å²) >= 11 is 0. The lowest BCUT2D eigenvalue weighted by Crippen LogP contribution is -2.49. The molecule has 0 radical (unpaired) electrons. The molecular formula is C13H18O4. The van der Waals surface area contributed by atoms with Crippen molar-refractivity contribution in [2.24, 2.45) is 5.41 Å². The van der Waals surface area contributed by atoms with Crippen molar-refractivity contribution in [3.05, 3.63) is 0 Å². The summed E-state index contributed by atoms with van der Waals surface area (Å²) in [6, 6.07) is 0. The molecule has 0 unspecified atom stereocenters. The van der Waals surface area contributed by atoms with Crippen molar-refractivity contribution in [3.63, 3.8) is 0 Å². The molecule has 3 heterocycles. The minimum atomic E-state index is -0.778. The highest BCUT2D eigenvalue weighted by Gasteiger charge is 2.90. The molecule has 0 amide bonds. The predicted octanol–water partition coefficient (Wildman–Crippen LogP) is 1.42. The number of carbonyl (C=O) groups excluding carboxylic acids is 1. The molecule has 0 aromatic rings. The van der Waals surface area contributed by atoms with Crippen LogP contribution < -0.4 is 0 Å². The smallest absolute Gasteiger partial charge is 0.344 e. The van der Waals surface area contributed by atoms with Gasteiger partial charge < -0.3 is 14.2 Å². The molecule has 3 saturated heterocycles. The fourth-order valence-electron chi connectivity index (χ4n) is 4.80. The van der Waals surface area contributed by atoms with Gasteiger partial charge in [0.25, 0.3) is 0 Å². The molecule has 1 spiro atoms. The maximum Gasteiger partial charge on any atom is 0.344 e. The molecule has 94 valence electrons. The van der Waals surface area contributed by atoms with E-state index in [0.29, 0.717) is 0 Å². The lowest BCUT2D eigenvalue weighted by molar-refractivity contribution is -0.151. The lowest BCUT2D eigenvalue weighted by Gasteiger charge is -2.33. The number of ether oxygens (including phenoxy) is 3. The first-order chi connectivity index (χ1) is 8.09. The summed E-state index contributed by atoms with van der Waals surface area (Å²) in [5.41, 5.74) is -0.916. The molecule has 4 aliphatic rings. The van der Waals surface area contributed by atoms with Crippen LogP contribution in [0, 0.1) is 5.41 Å². The van der Waals surface area contributed by atoms with Gasteiger partial charge in [0.1, 0.15) is 11.7 Å². The van der Waals surface area contributed by atoms with Crippen molar-refractivity contribution in [3.8, 4) is 0 Å². The van der Waals surface area contributed by atoms with Gasteiger partial charge in [0.15, 0.2) is 0 Å². The van der Waals surface area contributed by atoms with Crippen molar-refractivity contribution in [1.29, 1.82) is 0 Å². The van der Waals surface area contributed by atoms with Crippen LogP contribution in [0.1, 0.15) is 39.0 Å². The highest BCUT2D eigenvalue weighted by Crippen LogP contribution is 2.72. The van der Waals surface area contributed by atoms with Gasteiger partial charge >= 0.3 is 5.97 Å². The van der Waals surface area contributed by atoms with Crippen LogP contribution in [-0.4, -0.2) is 36.5 Å². The highest BCUT2D eigenvalue weighted by atomic mass is 16.7. The van der Waals surface area contributed by atoms with Crippen molar-refractivity contribution in [2.45, 2.75) is 62.4 Å². The molecule has 1 saturated carbocycles. The Morgan fingerprint density at radius 2 is 2.06 bits per heavy atom. The van der Waals surface area contributed by atoms with Crippen LogP contribution in [0.15, 0.2) is 0 Å². The second-order valence-corrected chi connectivity index (χ2v) is 6.21. The second-order valence-electron chi connectivity index (χ2n) is 6.21. The zero-order valence-electron chi connectivity index (χ0n) is 10.3. The molecule has 0 aromatic carbocycles. The van der Waals surface area contributed by atoms with Crippen LogP contribution in [0.3, 0.4) is 0 Å². The van der Waals surface area contributed by atoms with Gasteiger partial charge in [0, 0.05) is 5.41 Å². The lowest BCUT2D eigenvalue weighted by atomic mass is 9.65. The van der Waals surface area contributed by atoms with Crippen molar-refractivity contribution >= 4 is 5.97 Å². The van der Waals surface area contributed by atoms with E-state index in [-0.39, 0.29) is 23.6 Å². The van der Waals surface area contributed by atoms with E-state index in [1.165, 1.54) is 32.8 Å².